The Balaban J connectivity index is 1.05. The highest BCUT2D eigenvalue weighted by Gasteiger charge is 2.19. The Bertz CT molecular complexity index is 3480. The minimum Gasteiger partial charge on any atom is -0.0622 e. The van der Waals surface area contributed by atoms with E-state index >= 15 is 0 Å². The van der Waals surface area contributed by atoms with Crippen molar-refractivity contribution < 1.29 is 0 Å². The van der Waals surface area contributed by atoms with Crippen LogP contribution in [-0.2, 0) is 0 Å². The molecule has 12 aromatic rings. The second kappa shape index (κ2) is 13.9. The standard InChI is InChI=1S/C60H38/c1-3-15-39(16-4-1)46-35-47(40-17-5-2-6-18-40)37-48(36-46)60-56-25-13-11-23-54(56)59(55-24-12-14-26-57(55)60)44-30-28-41-27-29-42(33-45(41)34-44)43-31-32-53-51-21-8-7-19-49(51)50-20-9-10-22-52(50)58(53)38-43/h1-38H. The smallest absolute Gasteiger partial charge is 0.00259 e. The minimum absolute atomic E-state index is 1.21. The highest BCUT2D eigenvalue weighted by Crippen LogP contribution is 2.46. The van der Waals surface area contributed by atoms with Gasteiger partial charge in [-0.2, -0.15) is 0 Å². The van der Waals surface area contributed by atoms with Gasteiger partial charge in [0.05, 0.1) is 0 Å². The van der Waals surface area contributed by atoms with E-state index < -0.39 is 0 Å². The molecule has 0 saturated carbocycles. The van der Waals surface area contributed by atoms with Gasteiger partial charge in [0.25, 0.3) is 0 Å². The van der Waals surface area contributed by atoms with Gasteiger partial charge < -0.3 is 0 Å². The fraction of sp³-hybridized carbons (Fsp3) is 0. The molecule has 0 aliphatic rings. The molecule has 0 radical (unpaired) electrons. The lowest BCUT2D eigenvalue weighted by molar-refractivity contribution is 1.58. The van der Waals surface area contributed by atoms with Crippen molar-refractivity contribution in [3.63, 3.8) is 0 Å². The summed E-state index contributed by atoms with van der Waals surface area (Å²) in [6.45, 7) is 0. The monoisotopic (exact) mass is 758 g/mol. The second-order valence-electron chi connectivity index (χ2n) is 16.0. The fourth-order valence-corrected chi connectivity index (χ4v) is 9.79. The lowest BCUT2D eigenvalue weighted by Gasteiger charge is -2.19. The SMILES string of the molecule is c1ccc(-c2cc(-c3ccccc3)cc(-c3c4ccccc4c(-c4ccc5ccc(-c6ccc7c8ccccc8c8ccccc8c7c6)cc5c4)c4ccccc34)c2)cc1. The molecule has 12 aromatic carbocycles. The first-order chi connectivity index (χ1) is 29.7. The van der Waals surface area contributed by atoms with Crippen LogP contribution in [0.15, 0.2) is 231 Å². The summed E-state index contributed by atoms with van der Waals surface area (Å²) in [5.74, 6) is 0. The minimum atomic E-state index is 1.21. The molecule has 0 aliphatic heterocycles. The third-order valence-corrected chi connectivity index (χ3v) is 12.6. The molecule has 0 fully saturated rings. The molecule has 0 spiro atoms. The third-order valence-electron chi connectivity index (χ3n) is 12.6. The number of fused-ring (bicyclic) bond motifs is 9. The zero-order valence-electron chi connectivity index (χ0n) is 32.9. The Hall–Kier alpha value is -7.80. The average molecular weight is 759 g/mol. The summed E-state index contributed by atoms with van der Waals surface area (Å²) in [5.41, 5.74) is 12.3. The third kappa shape index (κ3) is 5.61. The van der Waals surface area contributed by atoms with Crippen LogP contribution >= 0.6 is 0 Å². The predicted octanol–water partition coefficient (Wildman–Crippen LogP) is 16.9. The van der Waals surface area contributed by atoms with E-state index in [1.807, 2.05) is 0 Å². The summed E-state index contributed by atoms with van der Waals surface area (Å²) in [6.07, 6.45) is 0. The summed E-state index contributed by atoms with van der Waals surface area (Å²) >= 11 is 0. The largest absolute Gasteiger partial charge is 0.0622 e. The Kier molecular flexibility index (Phi) is 7.96. The first-order valence-electron chi connectivity index (χ1n) is 20.8. The first kappa shape index (κ1) is 34.3. The predicted molar refractivity (Wildman–Crippen MR) is 259 cm³/mol. The molecular formula is C60H38. The maximum absolute atomic E-state index is 2.40. The number of hydrogen-bond donors (Lipinski definition) is 0. The van der Waals surface area contributed by atoms with E-state index in [1.165, 1.54) is 120 Å². The van der Waals surface area contributed by atoms with E-state index in [0.29, 0.717) is 0 Å². The van der Waals surface area contributed by atoms with Crippen LogP contribution in [0.1, 0.15) is 0 Å². The Morgan fingerprint density at radius 1 is 0.150 bits per heavy atom. The van der Waals surface area contributed by atoms with Crippen LogP contribution < -0.4 is 0 Å². The molecule has 0 saturated heterocycles. The van der Waals surface area contributed by atoms with Gasteiger partial charge in [-0.3, -0.25) is 0 Å². The molecule has 0 amide bonds. The van der Waals surface area contributed by atoms with Gasteiger partial charge in [0.1, 0.15) is 0 Å². The molecular weight excluding hydrogens is 721 g/mol. The van der Waals surface area contributed by atoms with Crippen molar-refractivity contribution in [1.29, 1.82) is 0 Å². The van der Waals surface area contributed by atoms with E-state index in [0.717, 1.165) is 0 Å². The van der Waals surface area contributed by atoms with Crippen molar-refractivity contribution in [2.24, 2.45) is 0 Å². The number of hydrogen-bond acceptors (Lipinski definition) is 0. The van der Waals surface area contributed by atoms with E-state index in [2.05, 4.69) is 231 Å². The van der Waals surface area contributed by atoms with Crippen LogP contribution in [-0.4, -0.2) is 0 Å². The van der Waals surface area contributed by atoms with Crippen molar-refractivity contribution in [1.82, 2.24) is 0 Å². The maximum atomic E-state index is 2.40. The van der Waals surface area contributed by atoms with Gasteiger partial charge in [-0.1, -0.05) is 194 Å². The highest BCUT2D eigenvalue weighted by atomic mass is 14.2. The summed E-state index contributed by atoms with van der Waals surface area (Å²) in [7, 11) is 0. The van der Waals surface area contributed by atoms with Crippen LogP contribution in [0, 0.1) is 0 Å². The van der Waals surface area contributed by atoms with Gasteiger partial charge >= 0.3 is 0 Å². The topological polar surface area (TPSA) is 0 Å². The molecule has 0 aliphatic carbocycles. The molecule has 0 nitrogen and oxygen atoms in total. The normalized spacial score (nSPS) is 11.7. The lowest BCUT2D eigenvalue weighted by atomic mass is 9.84. The summed E-state index contributed by atoms with van der Waals surface area (Å²) in [5, 5.41) is 15.2. The van der Waals surface area contributed by atoms with E-state index in [1.54, 1.807) is 0 Å². The van der Waals surface area contributed by atoms with Crippen LogP contribution in [0.2, 0.25) is 0 Å². The van der Waals surface area contributed by atoms with Gasteiger partial charge in [0.2, 0.25) is 0 Å². The Labute approximate surface area is 349 Å². The van der Waals surface area contributed by atoms with Crippen molar-refractivity contribution in [2.45, 2.75) is 0 Å². The zero-order chi connectivity index (χ0) is 39.6. The number of benzene rings is 12. The average Bonchev–Trinajstić information content (AvgIpc) is 3.33. The maximum Gasteiger partial charge on any atom is -0.00259 e. The highest BCUT2D eigenvalue weighted by molar-refractivity contribution is 6.26. The molecule has 0 bridgehead atoms. The van der Waals surface area contributed by atoms with Crippen molar-refractivity contribution >= 4 is 64.6 Å². The molecule has 0 heteroatoms. The molecule has 278 valence electrons. The van der Waals surface area contributed by atoms with Gasteiger partial charge in [-0.05, 0) is 157 Å². The Morgan fingerprint density at radius 3 is 1.02 bits per heavy atom. The van der Waals surface area contributed by atoms with Crippen LogP contribution in [0.5, 0.6) is 0 Å². The van der Waals surface area contributed by atoms with Gasteiger partial charge in [0, 0.05) is 0 Å². The molecule has 0 N–H and O–H groups in total. The summed E-state index contributed by atoms with van der Waals surface area (Å²) in [6, 6.07) is 85.2. The molecule has 0 unspecified atom stereocenters. The van der Waals surface area contributed by atoms with Crippen LogP contribution in [0.25, 0.3) is 120 Å². The van der Waals surface area contributed by atoms with E-state index in [9.17, 15) is 0 Å². The van der Waals surface area contributed by atoms with Crippen molar-refractivity contribution in [2.75, 3.05) is 0 Å². The van der Waals surface area contributed by atoms with Crippen LogP contribution in [0.4, 0.5) is 0 Å². The van der Waals surface area contributed by atoms with Gasteiger partial charge in [-0.15, -0.1) is 0 Å². The summed E-state index contributed by atoms with van der Waals surface area (Å²) in [4.78, 5) is 0. The Morgan fingerprint density at radius 2 is 0.500 bits per heavy atom. The van der Waals surface area contributed by atoms with Gasteiger partial charge in [-0.25, -0.2) is 0 Å². The number of rotatable bonds is 5. The van der Waals surface area contributed by atoms with Crippen LogP contribution in [0.3, 0.4) is 0 Å². The fourth-order valence-electron chi connectivity index (χ4n) is 9.79. The quantitative estimate of drug-likeness (QED) is 0.121. The molecule has 12 rings (SSSR count). The molecule has 0 aromatic heterocycles. The van der Waals surface area contributed by atoms with E-state index in [4.69, 9.17) is 0 Å². The molecule has 0 heterocycles. The summed E-state index contributed by atoms with van der Waals surface area (Å²) < 4.78 is 0. The lowest BCUT2D eigenvalue weighted by Crippen LogP contribution is -1.92. The zero-order valence-corrected chi connectivity index (χ0v) is 32.9. The molecule has 60 heavy (non-hydrogen) atoms. The van der Waals surface area contributed by atoms with E-state index in [-0.39, 0.29) is 0 Å². The molecule has 0 atom stereocenters. The van der Waals surface area contributed by atoms with Crippen molar-refractivity contribution in [3.05, 3.63) is 231 Å². The first-order valence-corrected chi connectivity index (χ1v) is 20.8. The van der Waals surface area contributed by atoms with Gasteiger partial charge in [0.15, 0.2) is 0 Å². The van der Waals surface area contributed by atoms with Crippen molar-refractivity contribution in [3.8, 4) is 55.6 Å². The second-order valence-corrected chi connectivity index (χ2v) is 16.0.